The molecule has 0 bridgehead atoms. The lowest BCUT2D eigenvalue weighted by atomic mass is 10.2. The van der Waals surface area contributed by atoms with E-state index < -0.39 is 11.9 Å². The van der Waals surface area contributed by atoms with Crippen LogP contribution in [-0.2, 0) is 4.74 Å². The number of nitrogens with two attached hydrogens (primary N) is 1. The maximum Gasteiger partial charge on any atom is 0.258 e. The zero-order chi connectivity index (χ0) is 14.5. The summed E-state index contributed by atoms with van der Waals surface area (Å²) in [5.74, 6) is 0.189. The number of halogens is 2. The Morgan fingerprint density at radius 1 is 1.50 bits per heavy atom. The summed E-state index contributed by atoms with van der Waals surface area (Å²) in [6.07, 6.45) is 0.919. The maximum absolute atomic E-state index is 13.5. The number of benzene rings is 1. The molecule has 5 nitrogen and oxygen atoms in total. The molecule has 0 radical (unpaired) electrons. The summed E-state index contributed by atoms with van der Waals surface area (Å²) < 4.78 is 24.3. The third-order valence-electron chi connectivity index (χ3n) is 2.59. The highest BCUT2D eigenvalue weighted by molar-refractivity contribution is 9.10. The molecule has 2 rings (SSSR count). The molecule has 0 spiro atoms. The number of rotatable bonds is 6. The van der Waals surface area contributed by atoms with Crippen LogP contribution in [0.15, 0.2) is 27.2 Å². The molecule has 0 saturated carbocycles. The van der Waals surface area contributed by atoms with Crippen molar-refractivity contribution in [2.45, 2.75) is 19.4 Å². The minimum absolute atomic E-state index is 0.234. The highest BCUT2D eigenvalue weighted by Crippen LogP contribution is 2.24. The molecule has 1 aromatic carbocycles. The molecular weight excluding hydrogens is 329 g/mol. The van der Waals surface area contributed by atoms with Gasteiger partial charge in [0.25, 0.3) is 5.89 Å². The van der Waals surface area contributed by atoms with E-state index in [9.17, 15) is 4.39 Å². The molecule has 0 aliphatic carbocycles. The van der Waals surface area contributed by atoms with Crippen LogP contribution >= 0.6 is 15.9 Å². The van der Waals surface area contributed by atoms with Crippen molar-refractivity contribution in [1.29, 1.82) is 0 Å². The smallest absolute Gasteiger partial charge is 0.258 e. The number of hydrogen-bond acceptors (Lipinski definition) is 5. The van der Waals surface area contributed by atoms with Gasteiger partial charge < -0.3 is 15.0 Å². The van der Waals surface area contributed by atoms with Crippen LogP contribution in [0.1, 0.15) is 25.2 Å². The van der Waals surface area contributed by atoms with Crippen LogP contribution in [0, 0.1) is 5.82 Å². The van der Waals surface area contributed by atoms with Gasteiger partial charge in [-0.05, 0) is 40.5 Å². The Kier molecular flexibility index (Phi) is 5.22. The standard InChI is InChI=1S/C13H15BrFN3O2/c1-2-5-19-7-11(16)12-17-13(20-18-12)8-3-4-9(14)10(15)6-8/h3-4,6,11H,2,5,7,16H2,1H3. The Labute approximate surface area is 124 Å². The topological polar surface area (TPSA) is 74.2 Å². The number of nitrogens with zero attached hydrogens (tertiary/aromatic N) is 2. The van der Waals surface area contributed by atoms with Crippen molar-refractivity contribution >= 4 is 15.9 Å². The van der Waals surface area contributed by atoms with Crippen LogP contribution in [0.3, 0.4) is 0 Å². The van der Waals surface area contributed by atoms with Crippen LogP contribution in [0.5, 0.6) is 0 Å². The van der Waals surface area contributed by atoms with Gasteiger partial charge in [-0.1, -0.05) is 12.1 Å². The van der Waals surface area contributed by atoms with Gasteiger partial charge in [-0.15, -0.1) is 0 Å². The summed E-state index contributed by atoms with van der Waals surface area (Å²) >= 11 is 3.09. The first-order valence-electron chi connectivity index (χ1n) is 6.24. The second kappa shape index (κ2) is 6.92. The lowest BCUT2D eigenvalue weighted by Gasteiger charge is -2.06. The molecular formula is C13H15BrFN3O2. The first kappa shape index (κ1) is 15.1. The van der Waals surface area contributed by atoms with Crippen LogP contribution in [-0.4, -0.2) is 23.4 Å². The molecule has 1 heterocycles. The summed E-state index contributed by atoms with van der Waals surface area (Å²) in [4.78, 5) is 4.17. The van der Waals surface area contributed by atoms with Crippen LogP contribution in [0.25, 0.3) is 11.5 Å². The van der Waals surface area contributed by atoms with E-state index in [-0.39, 0.29) is 5.89 Å². The highest BCUT2D eigenvalue weighted by atomic mass is 79.9. The SMILES string of the molecule is CCCOCC(N)c1noc(-c2ccc(Br)c(F)c2)n1. The Balaban J connectivity index is 2.09. The highest BCUT2D eigenvalue weighted by Gasteiger charge is 2.16. The quantitative estimate of drug-likeness (QED) is 0.816. The lowest BCUT2D eigenvalue weighted by Crippen LogP contribution is -2.18. The second-order valence-electron chi connectivity index (χ2n) is 4.27. The van der Waals surface area contributed by atoms with E-state index in [0.29, 0.717) is 29.1 Å². The molecule has 20 heavy (non-hydrogen) atoms. The molecule has 1 unspecified atom stereocenters. The summed E-state index contributed by atoms with van der Waals surface area (Å²) in [5.41, 5.74) is 6.40. The van der Waals surface area contributed by atoms with Crippen LogP contribution in [0.4, 0.5) is 4.39 Å². The zero-order valence-electron chi connectivity index (χ0n) is 11.0. The number of ether oxygens (including phenoxy) is 1. The van der Waals surface area contributed by atoms with E-state index in [0.717, 1.165) is 6.42 Å². The summed E-state index contributed by atoms with van der Waals surface area (Å²) in [5, 5.41) is 3.80. The van der Waals surface area contributed by atoms with E-state index in [1.54, 1.807) is 12.1 Å². The Bertz CT molecular complexity index is 576. The Hall–Kier alpha value is -1.31. The summed E-state index contributed by atoms with van der Waals surface area (Å²) in [6.45, 7) is 2.97. The van der Waals surface area contributed by atoms with Crippen molar-refractivity contribution in [3.63, 3.8) is 0 Å². The predicted octanol–water partition coefficient (Wildman–Crippen LogP) is 3.06. The number of hydrogen-bond donors (Lipinski definition) is 1. The minimum atomic E-state index is -0.459. The van der Waals surface area contributed by atoms with Crippen molar-refractivity contribution in [3.8, 4) is 11.5 Å². The van der Waals surface area contributed by atoms with Crippen molar-refractivity contribution in [3.05, 3.63) is 34.3 Å². The first-order chi connectivity index (χ1) is 9.61. The molecule has 0 saturated heterocycles. The monoisotopic (exact) mass is 343 g/mol. The van der Waals surface area contributed by atoms with Crippen LogP contribution < -0.4 is 5.73 Å². The van der Waals surface area contributed by atoms with Gasteiger partial charge in [0.15, 0.2) is 5.82 Å². The second-order valence-corrected chi connectivity index (χ2v) is 5.12. The molecule has 2 aromatic rings. The molecule has 2 N–H and O–H groups in total. The Morgan fingerprint density at radius 2 is 2.30 bits per heavy atom. The first-order valence-corrected chi connectivity index (χ1v) is 7.03. The van der Waals surface area contributed by atoms with Gasteiger partial charge in [0, 0.05) is 12.2 Å². The van der Waals surface area contributed by atoms with Gasteiger partial charge in [0.2, 0.25) is 0 Å². The third-order valence-corrected chi connectivity index (χ3v) is 3.23. The van der Waals surface area contributed by atoms with E-state index in [1.165, 1.54) is 6.07 Å². The summed E-state index contributed by atoms with van der Waals surface area (Å²) in [6, 6.07) is 4.13. The molecule has 108 valence electrons. The van der Waals surface area contributed by atoms with Gasteiger partial charge in [0.05, 0.1) is 17.1 Å². The Morgan fingerprint density at radius 3 is 3.00 bits per heavy atom. The van der Waals surface area contributed by atoms with Crippen molar-refractivity contribution in [1.82, 2.24) is 10.1 Å². The minimum Gasteiger partial charge on any atom is -0.379 e. The largest absolute Gasteiger partial charge is 0.379 e. The molecule has 0 aliphatic heterocycles. The van der Waals surface area contributed by atoms with Gasteiger partial charge in [0.1, 0.15) is 5.82 Å². The van der Waals surface area contributed by atoms with Crippen molar-refractivity contribution in [2.75, 3.05) is 13.2 Å². The fourth-order valence-electron chi connectivity index (χ4n) is 1.56. The van der Waals surface area contributed by atoms with Gasteiger partial charge in [-0.2, -0.15) is 4.98 Å². The summed E-state index contributed by atoms with van der Waals surface area (Å²) in [7, 11) is 0. The molecule has 1 aromatic heterocycles. The number of aromatic nitrogens is 2. The lowest BCUT2D eigenvalue weighted by molar-refractivity contribution is 0.119. The van der Waals surface area contributed by atoms with Gasteiger partial charge in [-0.3, -0.25) is 0 Å². The molecule has 1 atom stereocenters. The van der Waals surface area contributed by atoms with Gasteiger partial charge in [-0.25, -0.2) is 4.39 Å². The normalized spacial score (nSPS) is 12.6. The average molecular weight is 344 g/mol. The molecule has 0 fully saturated rings. The maximum atomic E-state index is 13.5. The predicted molar refractivity (Wildman–Crippen MR) is 75.4 cm³/mol. The zero-order valence-corrected chi connectivity index (χ0v) is 12.6. The molecule has 0 aliphatic rings. The van der Waals surface area contributed by atoms with Crippen molar-refractivity contribution < 1.29 is 13.7 Å². The van der Waals surface area contributed by atoms with E-state index in [2.05, 4.69) is 26.1 Å². The van der Waals surface area contributed by atoms with E-state index in [1.807, 2.05) is 6.92 Å². The fraction of sp³-hybridized carbons (Fsp3) is 0.385. The average Bonchev–Trinajstić information content (AvgIpc) is 2.92. The van der Waals surface area contributed by atoms with Gasteiger partial charge >= 0.3 is 0 Å². The van der Waals surface area contributed by atoms with E-state index in [4.69, 9.17) is 15.0 Å². The van der Waals surface area contributed by atoms with Crippen molar-refractivity contribution in [2.24, 2.45) is 5.73 Å². The molecule has 7 heteroatoms. The molecule has 0 amide bonds. The third kappa shape index (κ3) is 3.62. The fourth-order valence-corrected chi connectivity index (χ4v) is 1.81. The van der Waals surface area contributed by atoms with E-state index >= 15 is 0 Å². The van der Waals surface area contributed by atoms with Crippen LogP contribution in [0.2, 0.25) is 0 Å².